The van der Waals surface area contributed by atoms with Gasteiger partial charge in [0.15, 0.2) is 0 Å². The van der Waals surface area contributed by atoms with Crippen LogP contribution in [-0.2, 0) is 5.41 Å². The Morgan fingerprint density at radius 3 is 1.80 bits per heavy atom. The summed E-state index contributed by atoms with van der Waals surface area (Å²) in [5.41, 5.74) is 14.0. The Morgan fingerprint density at radius 2 is 0.922 bits per heavy atom. The predicted molar refractivity (Wildman–Crippen MR) is 265 cm³/mol. The Morgan fingerprint density at radius 1 is 0.344 bits per heavy atom. The molecule has 0 bridgehead atoms. The Hall–Kier alpha value is -8.20. The molecule has 298 valence electrons. The quantitative estimate of drug-likeness (QED) is 0.161. The van der Waals surface area contributed by atoms with E-state index in [1.807, 2.05) is 0 Å². The molecule has 2 atom stereocenters. The number of fused-ring (bicyclic) bond motifs is 13. The van der Waals surface area contributed by atoms with Crippen LogP contribution in [0.15, 0.2) is 231 Å². The summed E-state index contributed by atoms with van der Waals surface area (Å²) in [6.45, 7) is 0. The summed E-state index contributed by atoms with van der Waals surface area (Å²) in [7, 11) is 0. The van der Waals surface area contributed by atoms with E-state index in [0.717, 1.165) is 28.3 Å². The lowest BCUT2D eigenvalue weighted by Gasteiger charge is -2.45. The third-order valence-corrected chi connectivity index (χ3v) is 14.3. The molecule has 2 heteroatoms. The van der Waals surface area contributed by atoms with Gasteiger partial charge in [0, 0.05) is 33.5 Å². The van der Waals surface area contributed by atoms with Crippen molar-refractivity contribution in [2.45, 2.75) is 11.3 Å². The largest absolute Gasteiger partial charge is 0.457 e. The number of nitrogens with zero attached hydrogens (tertiary/aromatic N) is 1. The number of aromatic nitrogens is 1. The van der Waals surface area contributed by atoms with E-state index >= 15 is 0 Å². The highest BCUT2D eigenvalue weighted by molar-refractivity contribution is 6.10. The molecule has 0 amide bonds. The van der Waals surface area contributed by atoms with Crippen molar-refractivity contribution >= 4 is 54.1 Å². The molecule has 0 fully saturated rings. The molecule has 0 saturated heterocycles. The van der Waals surface area contributed by atoms with Gasteiger partial charge in [-0.2, -0.15) is 0 Å². The fraction of sp³-hybridized carbons (Fsp3) is 0.0323. The van der Waals surface area contributed by atoms with Crippen molar-refractivity contribution in [2.75, 3.05) is 0 Å². The van der Waals surface area contributed by atoms with Gasteiger partial charge in [-0.05, 0) is 114 Å². The lowest BCUT2D eigenvalue weighted by Crippen LogP contribution is -2.36. The second-order valence-corrected chi connectivity index (χ2v) is 17.6. The van der Waals surface area contributed by atoms with Crippen molar-refractivity contribution in [1.29, 1.82) is 0 Å². The minimum atomic E-state index is -0.634. The van der Waals surface area contributed by atoms with Crippen molar-refractivity contribution in [3.63, 3.8) is 0 Å². The zero-order valence-electron chi connectivity index (χ0n) is 34.9. The van der Waals surface area contributed by atoms with Gasteiger partial charge >= 0.3 is 0 Å². The standard InChI is InChI=1S/C62H39NO/c1-3-15-42-35-44(28-27-39(42)13-1)60(46-30-33-50-49-20-6-9-25-56(49)63(57(50)38-46)47-32-29-40-14-2-4-16-43(40)36-47)45-31-34-59-55(37-45)62(53-23-8-10-26-58(53)64-59)52-22-7-5-19-48(52)51-21-11-17-41-18-12-24-54(62)61(41)51/h1-38,60H. The summed E-state index contributed by atoms with van der Waals surface area (Å²) >= 11 is 0. The van der Waals surface area contributed by atoms with E-state index in [4.69, 9.17) is 4.74 Å². The molecule has 0 radical (unpaired) electrons. The summed E-state index contributed by atoms with van der Waals surface area (Å²) in [5.74, 6) is 1.68. The molecule has 14 rings (SSSR count). The number of rotatable bonds is 4. The van der Waals surface area contributed by atoms with Gasteiger partial charge in [0.1, 0.15) is 11.5 Å². The highest BCUT2D eigenvalue weighted by atomic mass is 16.5. The van der Waals surface area contributed by atoms with Crippen molar-refractivity contribution in [1.82, 2.24) is 4.57 Å². The van der Waals surface area contributed by atoms with E-state index in [-0.39, 0.29) is 5.92 Å². The Kier molecular flexibility index (Phi) is 7.41. The number of ether oxygens (including phenoxy) is 1. The zero-order valence-corrected chi connectivity index (χ0v) is 34.9. The summed E-state index contributed by atoms with van der Waals surface area (Å²) in [4.78, 5) is 0. The topological polar surface area (TPSA) is 14.2 Å². The van der Waals surface area contributed by atoms with Crippen LogP contribution >= 0.6 is 0 Å². The fourth-order valence-corrected chi connectivity index (χ4v) is 11.6. The first-order valence-corrected chi connectivity index (χ1v) is 22.3. The van der Waals surface area contributed by atoms with Crippen LogP contribution < -0.4 is 4.74 Å². The maximum absolute atomic E-state index is 6.99. The number of para-hydroxylation sites is 2. The van der Waals surface area contributed by atoms with E-state index in [1.54, 1.807) is 0 Å². The molecule has 1 aliphatic carbocycles. The van der Waals surface area contributed by atoms with E-state index < -0.39 is 5.41 Å². The molecule has 0 saturated carbocycles. The van der Waals surface area contributed by atoms with Gasteiger partial charge in [0.05, 0.1) is 16.4 Å². The maximum Gasteiger partial charge on any atom is 0.132 e. The minimum absolute atomic E-state index is 0.0986. The van der Waals surface area contributed by atoms with Crippen molar-refractivity contribution in [3.8, 4) is 28.3 Å². The van der Waals surface area contributed by atoms with Crippen LogP contribution in [0.25, 0.3) is 70.9 Å². The first kappa shape index (κ1) is 35.4. The van der Waals surface area contributed by atoms with E-state index in [9.17, 15) is 0 Å². The minimum Gasteiger partial charge on any atom is -0.457 e. The average Bonchev–Trinajstić information content (AvgIpc) is 3.69. The lowest BCUT2D eigenvalue weighted by molar-refractivity contribution is 0.434. The zero-order chi connectivity index (χ0) is 41.9. The molecule has 12 aromatic rings. The molecule has 1 aromatic heterocycles. The smallest absolute Gasteiger partial charge is 0.132 e. The summed E-state index contributed by atoms with van der Waals surface area (Å²) < 4.78 is 9.45. The van der Waals surface area contributed by atoms with Crippen LogP contribution in [0.2, 0.25) is 0 Å². The highest BCUT2D eigenvalue weighted by Crippen LogP contribution is 2.61. The first-order chi connectivity index (χ1) is 31.7. The molecule has 1 spiro atoms. The van der Waals surface area contributed by atoms with Crippen LogP contribution in [0.5, 0.6) is 11.5 Å². The maximum atomic E-state index is 6.99. The van der Waals surface area contributed by atoms with Gasteiger partial charge in [-0.3, -0.25) is 0 Å². The van der Waals surface area contributed by atoms with Crippen LogP contribution in [0.4, 0.5) is 0 Å². The molecule has 2 nitrogen and oxygen atoms in total. The fourth-order valence-electron chi connectivity index (χ4n) is 11.6. The molecule has 0 N–H and O–H groups in total. The van der Waals surface area contributed by atoms with Crippen molar-refractivity contribution in [3.05, 3.63) is 269 Å². The van der Waals surface area contributed by atoms with Gasteiger partial charge in [0.25, 0.3) is 0 Å². The van der Waals surface area contributed by atoms with E-state index in [2.05, 4.69) is 235 Å². The Balaban J connectivity index is 1.06. The normalized spacial score (nSPS) is 15.3. The van der Waals surface area contributed by atoms with Crippen molar-refractivity contribution < 1.29 is 4.74 Å². The van der Waals surface area contributed by atoms with Crippen molar-refractivity contribution in [2.24, 2.45) is 0 Å². The first-order valence-electron chi connectivity index (χ1n) is 22.3. The SMILES string of the molecule is c1ccc2c(c1)Oc1ccc(C(c3ccc4ccccc4c3)c3ccc4c5ccccc5n(-c5ccc6ccccc6c5)c4c3)cc1C21c2ccccc2-c2cccc3cccc1c23. The monoisotopic (exact) mass is 813 g/mol. The second-order valence-electron chi connectivity index (χ2n) is 17.6. The number of benzene rings is 11. The third kappa shape index (κ3) is 4.91. The number of hydrogen-bond acceptors (Lipinski definition) is 1. The Labute approximate surface area is 370 Å². The molecular formula is C62H39NO. The van der Waals surface area contributed by atoms with E-state index in [0.29, 0.717) is 0 Å². The predicted octanol–water partition coefficient (Wildman–Crippen LogP) is 15.9. The molecule has 64 heavy (non-hydrogen) atoms. The molecule has 2 heterocycles. The molecule has 2 aliphatic rings. The number of hydrogen-bond donors (Lipinski definition) is 0. The lowest BCUT2D eigenvalue weighted by atomic mass is 9.58. The van der Waals surface area contributed by atoms with Gasteiger partial charge in [-0.25, -0.2) is 0 Å². The Bertz CT molecular complexity index is 3900. The summed E-state index contributed by atoms with van der Waals surface area (Å²) in [6, 6.07) is 85.6. The van der Waals surface area contributed by atoms with Gasteiger partial charge in [0.2, 0.25) is 0 Å². The van der Waals surface area contributed by atoms with Gasteiger partial charge < -0.3 is 9.30 Å². The van der Waals surface area contributed by atoms with Crippen LogP contribution in [0.1, 0.15) is 44.9 Å². The van der Waals surface area contributed by atoms with Gasteiger partial charge in [-0.15, -0.1) is 0 Å². The molecular weight excluding hydrogens is 775 g/mol. The summed E-state index contributed by atoms with van der Waals surface area (Å²) in [6.07, 6.45) is 0. The molecule has 1 aliphatic heterocycles. The molecule has 11 aromatic carbocycles. The van der Waals surface area contributed by atoms with Crippen LogP contribution in [0.3, 0.4) is 0 Å². The molecule has 2 unspecified atom stereocenters. The highest BCUT2D eigenvalue weighted by Gasteiger charge is 2.49. The van der Waals surface area contributed by atoms with Gasteiger partial charge in [-0.1, -0.05) is 188 Å². The summed E-state index contributed by atoms with van der Waals surface area (Å²) in [5, 5.41) is 9.96. The second kappa shape index (κ2) is 13.4. The van der Waals surface area contributed by atoms with Crippen LogP contribution in [0, 0.1) is 0 Å². The van der Waals surface area contributed by atoms with Crippen LogP contribution in [-0.4, -0.2) is 4.57 Å². The third-order valence-electron chi connectivity index (χ3n) is 14.3. The average molecular weight is 814 g/mol. The van der Waals surface area contributed by atoms with E-state index in [1.165, 1.54) is 93.1 Å².